The Morgan fingerprint density at radius 3 is 2.48 bits per heavy atom. The molecule has 6 nitrogen and oxygen atoms in total. The molecule has 0 saturated heterocycles. The van der Waals surface area contributed by atoms with Crippen LogP contribution in [-0.4, -0.2) is 24.5 Å². The average molecular weight is 446 g/mol. The topological polar surface area (TPSA) is 94.0 Å². The van der Waals surface area contributed by atoms with Crippen LogP contribution < -0.4 is 16.0 Å². The van der Waals surface area contributed by atoms with Crippen LogP contribution in [0.1, 0.15) is 11.1 Å². The van der Waals surface area contributed by atoms with Crippen molar-refractivity contribution in [2.75, 3.05) is 11.9 Å². The lowest BCUT2D eigenvalue weighted by molar-refractivity contribution is -0.137. The zero-order valence-electron chi connectivity index (χ0n) is 16.0. The molecular weight excluding hydrogens is 429 g/mol. The number of anilines is 1. The molecule has 0 saturated carbocycles. The van der Waals surface area contributed by atoms with Crippen molar-refractivity contribution in [1.82, 2.24) is 10.6 Å². The summed E-state index contributed by atoms with van der Waals surface area (Å²) < 4.78 is 39.0. The Morgan fingerprint density at radius 1 is 1.10 bits per heavy atom. The van der Waals surface area contributed by atoms with E-state index in [9.17, 15) is 22.8 Å². The second kappa shape index (κ2) is 9.49. The third-order valence-electron chi connectivity index (χ3n) is 4.42. The maximum absolute atomic E-state index is 12.7. The molecule has 10 heteroatoms. The quantitative estimate of drug-likeness (QED) is 0.493. The largest absolute Gasteiger partial charge is 0.416 e. The number of hydrogen-bond donors (Lipinski definition) is 3. The van der Waals surface area contributed by atoms with Gasteiger partial charge in [-0.15, -0.1) is 11.3 Å². The molecule has 1 heterocycles. The Balaban J connectivity index is 1.72. The van der Waals surface area contributed by atoms with E-state index in [2.05, 4.69) is 16.0 Å². The van der Waals surface area contributed by atoms with E-state index in [-0.39, 0.29) is 18.7 Å². The van der Waals surface area contributed by atoms with Crippen LogP contribution in [0.5, 0.6) is 0 Å². The summed E-state index contributed by atoms with van der Waals surface area (Å²) in [6.07, 6.45) is -4.30. The van der Waals surface area contributed by atoms with Crippen molar-refractivity contribution in [3.8, 4) is 6.07 Å². The Labute approximate surface area is 179 Å². The maximum Gasteiger partial charge on any atom is 0.416 e. The van der Waals surface area contributed by atoms with Crippen molar-refractivity contribution in [3.05, 3.63) is 65.0 Å². The molecule has 160 valence electrons. The highest BCUT2D eigenvalue weighted by atomic mass is 32.1. The van der Waals surface area contributed by atoms with E-state index in [0.717, 1.165) is 39.9 Å². The minimum absolute atomic E-state index is 0.141. The number of fused-ring (bicyclic) bond motifs is 1. The van der Waals surface area contributed by atoms with Gasteiger partial charge >= 0.3 is 12.2 Å². The van der Waals surface area contributed by atoms with Gasteiger partial charge in [0.15, 0.2) is 0 Å². The highest BCUT2D eigenvalue weighted by Crippen LogP contribution is 2.30. The van der Waals surface area contributed by atoms with Crippen molar-refractivity contribution in [2.24, 2.45) is 0 Å². The Morgan fingerprint density at radius 2 is 1.81 bits per heavy atom. The monoisotopic (exact) mass is 446 g/mol. The lowest BCUT2D eigenvalue weighted by atomic mass is 10.0. The number of nitrogens with one attached hydrogen (secondary N) is 3. The first-order chi connectivity index (χ1) is 14.8. The van der Waals surface area contributed by atoms with Crippen LogP contribution in [-0.2, 0) is 17.4 Å². The lowest BCUT2D eigenvalue weighted by Gasteiger charge is -2.18. The van der Waals surface area contributed by atoms with Crippen molar-refractivity contribution in [2.45, 2.75) is 18.6 Å². The van der Waals surface area contributed by atoms with Gasteiger partial charge in [0.25, 0.3) is 0 Å². The molecular formula is C21H17F3N4O2S. The van der Waals surface area contributed by atoms with Gasteiger partial charge in [0.1, 0.15) is 12.6 Å². The molecule has 0 bridgehead atoms. The number of carbonyl (C=O) groups is 2. The number of carbonyl (C=O) groups excluding carboxylic acids is 2. The number of rotatable bonds is 6. The molecule has 1 unspecified atom stereocenters. The summed E-state index contributed by atoms with van der Waals surface area (Å²) in [4.78, 5) is 24.9. The summed E-state index contributed by atoms with van der Waals surface area (Å²) in [6, 6.07) is 11.6. The van der Waals surface area contributed by atoms with E-state index >= 15 is 0 Å². The molecule has 3 amide bonds. The van der Waals surface area contributed by atoms with Gasteiger partial charge in [-0.25, -0.2) is 4.79 Å². The standard InChI is InChI=1S/C21H17F3N4O2S/c22-21(23,24)14-5-7-15(8-6-14)27-20(30)28-17(19(29)26-10-9-25)11-13-12-31-18-4-2-1-3-16(13)18/h1-8,12,17H,10-11H2,(H,26,29)(H2,27,28,30). The second-order valence-electron chi connectivity index (χ2n) is 6.56. The van der Waals surface area contributed by atoms with Crippen LogP contribution >= 0.6 is 11.3 Å². The first kappa shape index (κ1) is 22.1. The zero-order valence-corrected chi connectivity index (χ0v) is 16.8. The fourth-order valence-electron chi connectivity index (χ4n) is 2.94. The summed E-state index contributed by atoms with van der Waals surface area (Å²) in [5.41, 5.74) is 0.159. The fraction of sp³-hybridized carbons (Fsp3) is 0.190. The van der Waals surface area contributed by atoms with E-state index in [0.29, 0.717) is 0 Å². The van der Waals surface area contributed by atoms with Crippen LogP contribution in [0.3, 0.4) is 0 Å². The fourth-order valence-corrected chi connectivity index (χ4v) is 3.91. The van der Waals surface area contributed by atoms with Crippen molar-refractivity contribution >= 4 is 39.0 Å². The molecule has 0 spiro atoms. The number of benzene rings is 2. The van der Waals surface area contributed by atoms with E-state index in [1.807, 2.05) is 29.6 Å². The van der Waals surface area contributed by atoms with Gasteiger partial charge in [-0.2, -0.15) is 18.4 Å². The average Bonchev–Trinajstić information content (AvgIpc) is 3.14. The van der Waals surface area contributed by atoms with Crippen LogP contribution in [0.4, 0.5) is 23.7 Å². The predicted octanol–water partition coefficient (Wildman–Crippen LogP) is 4.29. The summed E-state index contributed by atoms with van der Waals surface area (Å²) in [7, 11) is 0. The lowest BCUT2D eigenvalue weighted by Crippen LogP contribution is -2.49. The molecule has 3 N–H and O–H groups in total. The molecule has 31 heavy (non-hydrogen) atoms. The highest BCUT2D eigenvalue weighted by Gasteiger charge is 2.30. The first-order valence-corrected chi connectivity index (χ1v) is 10.0. The Bertz CT molecular complexity index is 1120. The van der Waals surface area contributed by atoms with Gasteiger partial charge in [0.2, 0.25) is 5.91 Å². The molecule has 1 aromatic heterocycles. The van der Waals surface area contributed by atoms with Crippen LogP contribution in [0.15, 0.2) is 53.9 Å². The van der Waals surface area contributed by atoms with Gasteiger partial charge in [-0.3, -0.25) is 4.79 Å². The number of thiophene rings is 1. The summed E-state index contributed by atoms with van der Waals surface area (Å²) >= 11 is 1.51. The minimum atomic E-state index is -4.48. The number of hydrogen-bond acceptors (Lipinski definition) is 4. The molecule has 3 aromatic rings. The molecule has 3 rings (SSSR count). The predicted molar refractivity (Wildman–Crippen MR) is 112 cm³/mol. The van der Waals surface area contributed by atoms with Crippen LogP contribution in [0.25, 0.3) is 10.1 Å². The van der Waals surface area contributed by atoms with Gasteiger partial charge in [-0.05, 0) is 46.7 Å². The second-order valence-corrected chi connectivity index (χ2v) is 7.47. The summed E-state index contributed by atoms with van der Waals surface area (Å²) in [5, 5.41) is 18.9. The van der Waals surface area contributed by atoms with E-state index < -0.39 is 29.7 Å². The van der Waals surface area contributed by atoms with E-state index in [1.165, 1.54) is 11.3 Å². The van der Waals surface area contributed by atoms with Gasteiger partial charge in [-0.1, -0.05) is 18.2 Å². The van der Waals surface area contributed by atoms with Gasteiger partial charge in [0, 0.05) is 16.8 Å². The molecule has 0 radical (unpaired) electrons. The van der Waals surface area contributed by atoms with Crippen LogP contribution in [0.2, 0.25) is 0 Å². The third-order valence-corrected chi connectivity index (χ3v) is 5.43. The van der Waals surface area contributed by atoms with Crippen LogP contribution in [0, 0.1) is 11.3 Å². The molecule has 1 atom stereocenters. The number of urea groups is 1. The maximum atomic E-state index is 12.7. The van der Waals surface area contributed by atoms with Crippen molar-refractivity contribution in [3.63, 3.8) is 0 Å². The Kier molecular flexibility index (Phi) is 6.77. The number of nitrogens with zero attached hydrogens (tertiary/aromatic N) is 1. The number of alkyl halides is 3. The number of nitriles is 1. The van der Waals surface area contributed by atoms with Crippen molar-refractivity contribution in [1.29, 1.82) is 5.26 Å². The molecule has 2 aromatic carbocycles. The molecule has 0 aliphatic heterocycles. The first-order valence-electron chi connectivity index (χ1n) is 9.12. The number of halogens is 3. The van der Waals surface area contributed by atoms with Gasteiger partial charge < -0.3 is 16.0 Å². The van der Waals surface area contributed by atoms with Gasteiger partial charge in [0.05, 0.1) is 11.6 Å². The SMILES string of the molecule is N#CCNC(=O)C(Cc1csc2ccccc12)NC(=O)Nc1ccc(C(F)(F)F)cc1. The number of amides is 3. The molecule has 0 fully saturated rings. The normalized spacial score (nSPS) is 12.1. The molecule has 0 aliphatic rings. The molecule has 0 aliphatic carbocycles. The summed E-state index contributed by atoms with van der Waals surface area (Å²) in [6.45, 7) is -0.220. The zero-order chi connectivity index (χ0) is 22.4. The smallest absolute Gasteiger partial charge is 0.341 e. The van der Waals surface area contributed by atoms with Crippen molar-refractivity contribution < 1.29 is 22.8 Å². The third kappa shape index (κ3) is 5.73. The summed E-state index contributed by atoms with van der Waals surface area (Å²) in [5.74, 6) is -0.542. The van der Waals surface area contributed by atoms with E-state index in [4.69, 9.17) is 5.26 Å². The highest BCUT2D eigenvalue weighted by molar-refractivity contribution is 7.17. The van der Waals surface area contributed by atoms with E-state index in [1.54, 1.807) is 6.07 Å². The Hall–Kier alpha value is -3.58. The minimum Gasteiger partial charge on any atom is -0.341 e.